The highest BCUT2D eigenvalue weighted by atomic mass is 16.4. The maximum absolute atomic E-state index is 12.4. The number of hydrogen-bond donors (Lipinski definition) is 1. The van der Waals surface area contributed by atoms with Gasteiger partial charge in [-0.3, -0.25) is 9.59 Å². The number of carbonyl (C=O) groups is 3. The minimum Gasteiger partial charge on any atom is -0.478 e. The van der Waals surface area contributed by atoms with Crippen molar-refractivity contribution in [3.05, 3.63) is 47.5 Å². The van der Waals surface area contributed by atoms with Gasteiger partial charge in [0.25, 0.3) is 0 Å². The Morgan fingerprint density at radius 3 is 2.13 bits per heavy atom. The Hall–Kier alpha value is -2.83. The van der Waals surface area contributed by atoms with Crippen molar-refractivity contribution in [1.82, 2.24) is 14.7 Å². The lowest BCUT2D eigenvalue weighted by Crippen LogP contribution is -2.29. The van der Waals surface area contributed by atoms with Crippen molar-refractivity contribution in [2.45, 2.75) is 39.0 Å². The molecule has 3 saturated heterocycles. The van der Waals surface area contributed by atoms with Crippen molar-refractivity contribution >= 4 is 17.5 Å². The molecule has 4 aliphatic rings. The fraction of sp³-hybridized carbons (Fsp3) is 0.522. The van der Waals surface area contributed by atoms with E-state index in [4.69, 9.17) is 5.11 Å². The van der Waals surface area contributed by atoms with Gasteiger partial charge >= 0.3 is 5.97 Å². The van der Waals surface area contributed by atoms with Gasteiger partial charge < -0.3 is 19.8 Å². The van der Waals surface area contributed by atoms with E-state index in [-0.39, 0.29) is 11.6 Å². The van der Waals surface area contributed by atoms with E-state index in [9.17, 15) is 14.4 Å². The van der Waals surface area contributed by atoms with Gasteiger partial charge in [-0.25, -0.2) is 4.79 Å². The summed E-state index contributed by atoms with van der Waals surface area (Å²) in [5, 5.41) is 8.27. The Labute approximate surface area is 178 Å². The summed E-state index contributed by atoms with van der Waals surface area (Å²) in [7, 11) is 0. The minimum atomic E-state index is -0.893. The zero-order chi connectivity index (χ0) is 21.5. The maximum atomic E-state index is 12.4. The predicted octanol–water partition coefficient (Wildman–Crippen LogP) is 2.33. The molecule has 0 aromatic rings. The Bertz CT molecular complexity index is 797. The topological polar surface area (TPSA) is 80.5 Å². The summed E-state index contributed by atoms with van der Waals surface area (Å²) < 4.78 is 0. The van der Waals surface area contributed by atoms with Crippen molar-refractivity contribution in [3.8, 4) is 0 Å². The summed E-state index contributed by atoms with van der Waals surface area (Å²) in [6.07, 6.45) is 14.1. The predicted molar refractivity (Wildman–Crippen MR) is 115 cm³/mol. The molecule has 1 N–H and O–H groups in total. The second-order valence-electron chi connectivity index (χ2n) is 7.86. The monoisotopic (exact) mass is 413 g/mol. The number of carboxylic acid groups (broad SMARTS) is 1. The Balaban J connectivity index is 0.000000180. The molecular weight excluding hydrogens is 382 g/mol. The molecule has 0 saturated carbocycles. The van der Waals surface area contributed by atoms with E-state index in [0.29, 0.717) is 17.1 Å². The third kappa shape index (κ3) is 6.34. The molecule has 7 heteroatoms. The summed E-state index contributed by atoms with van der Waals surface area (Å²) in [6.45, 7) is 7.59. The van der Waals surface area contributed by atoms with Crippen molar-refractivity contribution in [1.29, 1.82) is 0 Å². The van der Waals surface area contributed by atoms with Crippen LogP contribution >= 0.6 is 0 Å². The van der Waals surface area contributed by atoms with Crippen LogP contribution in [0.3, 0.4) is 0 Å². The minimum absolute atomic E-state index is 0.00546. The molecule has 0 radical (unpaired) electrons. The van der Waals surface area contributed by atoms with E-state index in [1.54, 1.807) is 12.2 Å². The Kier molecular flexibility index (Phi) is 7.49. The zero-order valence-electron chi connectivity index (χ0n) is 17.7. The first kappa shape index (κ1) is 21.9. The second-order valence-corrected chi connectivity index (χ2v) is 7.86. The SMILES string of the molecule is CCCCCC/C=C/C=C/C(=O)O.O=C1C=C(N2CC2)C(=O)C(N2CC2)=C1N1CC1. The fourth-order valence-corrected chi connectivity index (χ4v) is 3.28. The van der Waals surface area contributed by atoms with Gasteiger partial charge in [-0.2, -0.15) is 0 Å². The quantitative estimate of drug-likeness (QED) is 0.194. The molecule has 7 nitrogen and oxygen atoms in total. The van der Waals surface area contributed by atoms with Crippen LogP contribution in [0, 0.1) is 0 Å². The third-order valence-electron chi connectivity index (χ3n) is 5.20. The number of unbranched alkanes of at least 4 members (excludes halogenated alkanes) is 4. The molecule has 0 aromatic heterocycles. The highest BCUT2D eigenvalue weighted by Crippen LogP contribution is 2.33. The van der Waals surface area contributed by atoms with Crippen molar-refractivity contribution in [2.75, 3.05) is 39.3 Å². The van der Waals surface area contributed by atoms with Crippen LogP contribution in [0.25, 0.3) is 0 Å². The second kappa shape index (κ2) is 10.3. The lowest BCUT2D eigenvalue weighted by molar-refractivity contribution is -0.131. The maximum Gasteiger partial charge on any atom is 0.328 e. The third-order valence-corrected chi connectivity index (χ3v) is 5.20. The summed E-state index contributed by atoms with van der Waals surface area (Å²) >= 11 is 0. The molecule has 0 atom stereocenters. The van der Waals surface area contributed by atoms with Gasteiger partial charge in [-0.15, -0.1) is 0 Å². The number of Topliss-reactive ketones (excluding diaryl/α,β-unsaturated/α-hetero) is 1. The van der Waals surface area contributed by atoms with Gasteiger partial charge in [0.1, 0.15) is 11.4 Å². The average Bonchev–Trinajstić information content (AvgIpc) is 3.57. The van der Waals surface area contributed by atoms with Crippen LogP contribution in [-0.2, 0) is 14.4 Å². The van der Waals surface area contributed by atoms with Gasteiger partial charge in [0.05, 0.1) is 5.70 Å². The molecule has 0 spiro atoms. The van der Waals surface area contributed by atoms with Crippen LogP contribution in [0.1, 0.15) is 39.0 Å². The van der Waals surface area contributed by atoms with Crippen molar-refractivity contribution < 1.29 is 19.5 Å². The van der Waals surface area contributed by atoms with Crippen LogP contribution in [0.15, 0.2) is 47.5 Å². The number of allylic oxidation sites excluding steroid dienone is 4. The number of rotatable bonds is 10. The molecule has 4 rings (SSSR count). The summed E-state index contributed by atoms with van der Waals surface area (Å²) in [5.41, 5.74) is 1.89. The van der Waals surface area contributed by atoms with Gasteiger partial charge in [-0.05, 0) is 12.8 Å². The lowest BCUT2D eigenvalue weighted by Gasteiger charge is -2.21. The highest BCUT2D eigenvalue weighted by Gasteiger charge is 2.43. The van der Waals surface area contributed by atoms with Crippen molar-refractivity contribution in [3.63, 3.8) is 0 Å². The van der Waals surface area contributed by atoms with E-state index in [1.807, 2.05) is 20.8 Å². The summed E-state index contributed by atoms with van der Waals surface area (Å²) in [5.74, 6) is -0.844. The van der Waals surface area contributed by atoms with Crippen LogP contribution in [0.4, 0.5) is 0 Å². The molecule has 1 aliphatic carbocycles. The number of aliphatic carboxylic acids is 1. The Morgan fingerprint density at radius 2 is 1.57 bits per heavy atom. The molecule has 0 amide bonds. The molecular formula is C23H31N3O4. The molecule has 30 heavy (non-hydrogen) atoms. The van der Waals surface area contributed by atoms with Gasteiger partial charge in [0.2, 0.25) is 11.6 Å². The smallest absolute Gasteiger partial charge is 0.328 e. The molecule has 3 heterocycles. The van der Waals surface area contributed by atoms with E-state index >= 15 is 0 Å². The molecule has 0 aromatic carbocycles. The van der Waals surface area contributed by atoms with E-state index in [1.165, 1.54) is 31.8 Å². The lowest BCUT2D eigenvalue weighted by atomic mass is 10.0. The largest absolute Gasteiger partial charge is 0.478 e. The summed E-state index contributed by atoms with van der Waals surface area (Å²) in [6, 6.07) is 0. The number of carboxylic acids is 1. The van der Waals surface area contributed by atoms with E-state index in [2.05, 4.69) is 6.92 Å². The van der Waals surface area contributed by atoms with E-state index in [0.717, 1.165) is 51.8 Å². The van der Waals surface area contributed by atoms with Crippen LogP contribution < -0.4 is 0 Å². The average molecular weight is 414 g/mol. The van der Waals surface area contributed by atoms with Gasteiger partial charge in [0.15, 0.2) is 0 Å². The number of ketones is 2. The number of hydrogen-bond acceptors (Lipinski definition) is 6. The van der Waals surface area contributed by atoms with E-state index < -0.39 is 5.97 Å². The Morgan fingerprint density at radius 1 is 0.933 bits per heavy atom. The zero-order valence-corrected chi connectivity index (χ0v) is 17.7. The summed E-state index contributed by atoms with van der Waals surface area (Å²) in [4.78, 5) is 40.5. The van der Waals surface area contributed by atoms with Crippen LogP contribution in [-0.4, -0.2) is 76.6 Å². The number of nitrogens with zero attached hydrogens (tertiary/aromatic N) is 3. The first-order chi connectivity index (χ1) is 14.5. The highest BCUT2D eigenvalue weighted by molar-refractivity contribution is 6.22. The van der Waals surface area contributed by atoms with Crippen LogP contribution in [0.5, 0.6) is 0 Å². The standard InChI is InChI=1S/C12H13N3O2.C11H18O2/c16-9-7-8(13-1-2-13)12(17)11(15-5-6-15)10(9)14-3-4-14;1-2-3-4-5-6-7-8-9-10-11(12)13/h7H,1-6H2;7-10H,2-6H2,1H3,(H,12,13)/b;8-7+,10-9+. The molecule has 0 bridgehead atoms. The molecule has 3 fully saturated rings. The first-order valence-electron chi connectivity index (χ1n) is 10.9. The molecule has 162 valence electrons. The molecule has 3 aliphatic heterocycles. The number of carbonyl (C=O) groups excluding carboxylic acids is 2. The normalized spacial score (nSPS) is 20.0. The first-order valence-corrected chi connectivity index (χ1v) is 10.9. The van der Waals surface area contributed by atoms with Gasteiger partial charge in [0, 0.05) is 51.4 Å². The molecule has 0 unspecified atom stereocenters. The fourth-order valence-electron chi connectivity index (χ4n) is 3.28. The van der Waals surface area contributed by atoms with Crippen molar-refractivity contribution in [2.24, 2.45) is 0 Å². The van der Waals surface area contributed by atoms with Crippen LogP contribution in [0.2, 0.25) is 0 Å². The van der Waals surface area contributed by atoms with Gasteiger partial charge in [-0.1, -0.05) is 44.4 Å².